The van der Waals surface area contributed by atoms with E-state index in [-0.39, 0.29) is 5.41 Å². The quantitative estimate of drug-likeness (QED) is 0.350. The highest BCUT2D eigenvalue weighted by molar-refractivity contribution is 5.90. The summed E-state index contributed by atoms with van der Waals surface area (Å²) in [5, 5.41) is 2.64. The minimum atomic E-state index is -4.94. The molecule has 0 atom stereocenters. The van der Waals surface area contributed by atoms with Crippen molar-refractivity contribution in [2.45, 2.75) is 19.3 Å². The second-order valence-corrected chi connectivity index (χ2v) is 10.0. The monoisotopic (exact) mass is 497 g/mol. The van der Waals surface area contributed by atoms with E-state index in [0.29, 0.717) is 0 Å². The van der Waals surface area contributed by atoms with Crippen LogP contribution in [0, 0.1) is 10.2 Å². The van der Waals surface area contributed by atoms with Crippen LogP contribution < -0.4 is 23.2 Å². The van der Waals surface area contributed by atoms with E-state index in [9.17, 15) is 0 Å². The summed E-state index contributed by atoms with van der Waals surface area (Å²) >= 11 is 0. The molecule has 4 aromatic carbocycles. The van der Waals surface area contributed by atoms with Gasteiger partial charge in [-0.3, -0.25) is 0 Å². The average molecular weight is 498 g/mol. The first-order chi connectivity index (χ1) is 17.1. The molecule has 0 saturated carbocycles. The first-order valence-corrected chi connectivity index (χ1v) is 12.7. The van der Waals surface area contributed by atoms with Gasteiger partial charge in [-0.1, -0.05) is 72.8 Å². The summed E-state index contributed by atoms with van der Waals surface area (Å²) < 4.78 is 36.4. The summed E-state index contributed by atoms with van der Waals surface area (Å²) in [7, 11) is -4.94. The van der Waals surface area contributed by atoms with Gasteiger partial charge in [-0.15, -0.1) is 10.2 Å². The average Bonchev–Trinajstić information content (AvgIpc) is 3.10. The maximum atomic E-state index is 8.49. The zero-order valence-electron chi connectivity index (χ0n) is 19.9. The molecular weight excluding hydrogens is 474 g/mol. The van der Waals surface area contributed by atoms with Crippen LogP contribution in [-0.2, 0) is 5.41 Å². The molecule has 1 aliphatic rings. The molecule has 0 radical (unpaired) electrons. The van der Waals surface area contributed by atoms with Gasteiger partial charge in [-0.05, 0) is 53.9 Å². The van der Waals surface area contributed by atoms with E-state index >= 15 is 0 Å². The first-order valence-electron chi connectivity index (χ1n) is 11.5. The Hall–Kier alpha value is -3.58. The molecule has 0 unspecified atom stereocenters. The van der Waals surface area contributed by atoms with Crippen LogP contribution in [0.25, 0.3) is 38.8 Å². The SMILES string of the molecule is CC1(C)c2c(ccc3ccccc23)-[n+]2c(-c3ccccc3)cc(-c3ccccc3)cc21.[O-][Cl+3]([O-])([O-])[O-]. The van der Waals surface area contributed by atoms with E-state index in [1.54, 1.807) is 0 Å². The van der Waals surface area contributed by atoms with Crippen molar-refractivity contribution in [3.63, 3.8) is 0 Å². The number of nitrogens with zero attached hydrogens (tertiary/aromatic N) is 1. The fourth-order valence-electron chi connectivity index (χ4n) is 5.16. The second kappa shape index (κ2) is 9.13. The van der Waals surface area contributed by atoms with Gasteiger partial charge in [0.05, 0.1) is 5.41 Å². The lowest BCUT2D eigenvalue weighted by Gasteiger charge is -2.17. The fraction of sp³-hybridized carbons (Fsp3) is 0.100. The number of halogens is 1. The van der Waals surface area contributed by atoms with Gasteiger partial charge in [-0.2, -0.15) is 4.57 Å². The van der Waals surface area contributed by atoms with Crippen molar-refractivity contribution >= 4 is 10.8 Å². The minimum absolute atomic E-state index is 0.107. The summed E-state index contributed by atoms with van der Waals surface area (Å²) in [5.74, 6) is 0. The van der Waals surface area contributed by atoms with Crippen LogP contribution in [0.1, 0.15) is 25.1 Å². The summed E-state index contributed by atoms with van der Waals surface area (Å²) in [4.78, 5) is 0. The Balaban J connectivity index is 0.000000489. The van der Waals surface area contributed by atoms with Crippen molar-refractivity contribution in [3.05, 3.63) is 120 Å². The van der Waals surface area contributed by atoms with Gasteiger partial charge in [0.1, 0.15) is 0 Å². The maximum absolute atomic E-state index is 8.49. The van der Waals surface area contributed by atoms with Crippen LogP contribution in [0.4, 0.5) is 0 Å². The predicted molar refractivity (Wildman–Crippen MR) is 128 cm³/mol. The van der Waals surface area contributed by atoms with Crippen molar-refractivity contribution in [2.75, 3.05) is 0 Å². The lowest BCUT2D eigenvalue weighted by molar-refractivity contribution is -2.00. The van der Waals surface area contributed by atoms with Crippen LogP contribution in [0.3, 0.4) is 0 Å². The number of hydrogen-bond donors (Lipinski definition) is 0. The minimum Gasteiger partial charge on any atom is -0.222 e. The number of fused-ring (bicyclic) bond motifs is 5. The van der Waals surface area contributed by atoms with Crippen LogP contribution in [0.2, 0.25) is 0 Å². The first kappa shape index (κ1) is 24.1. The number of benzene rings is 4. The molecule has 1 aromatic heterocycles. The molecule has 2 heterocycles. The molecule has 5 aromatic rings. The van der Waals surface area contributed by atoms with Crippen molar-refractivity contribution < 1.29 is 33.4 Å². The fourth-order valence-corrected chi connectivity index (χ4v) is 5.16. The Morgan fingerprint density at radius 3 is 1.81 bits per heavy atom. The van der Waals surface area contributed by atoms with Gasteiger partial charge in [0.2, 0.25) is 11.4 Å². The molecule has 180 valence electrons. The molecule has 6 heteroatoms. The Labute approximate surface area is 211 Å². The standard InChI is InChI=1S/C30H24N.ClHO4/c1-30(2)28-20-24(21-11-5-3-6-12-21)19-27(23-14-7-4-8-15-23)31(28)26-18-17-22-13-9-10-16-25(22)29(26)30;2-1(3,4)5/h3-20H,1-2H3;(H,2,3,4,5)/q+1;/p-1. The number of aromatic nitrogens is 1. The number of rotatable bonds is 2. The lowest BCUT2D eigenvalue weighted by atomic mass is 9.80. The molecule has 6 rings (SSSR count). The van der Waals surface area contributed by atoms with Gasteiger partial charge >= 0.3 is 0 Å². The van der Waals surface area contributed by atoms with E-state index in [1.807, 2.05) is 0 Å². The molecular formula is C30H24ClNO4. The third-order valence-corrected chi connectivity index (χ3v) is 6.66. The van der Waals surface area contributed by atoms with Gasteiger partial charge in [-0.25, -0.2) is 18.6 Å². The molecule has 0 aliphatic carbocycles. The van der Waals surface area contributed by atoms with E-state index in [1.165, 1.54) is 50.1 Å². The van der Waals surface area contributed by atoms with Crippen molar-refractivity contribution in [2.24, 2.45) is 0 Å². The molecule has 0 saturated heterocycles. The Kier molecular flexibility index (Phi) is 6.12. The van der Waals surface area contributed by atoms with Crippen LogP contribution in [-0.4, -0.2) is 0 Å². The Morgan fingerprint density at radius 1 is 0.611 bits per heavy atom. The highest BCUT2D eigenvalue weighted by Crippen LogP contribution is 2.44. The summed E-state index contributed by atoms with van der Waals surface area (Å²) in [6.45, 7) is 4.72. The Morgan fingerprint density at radius 2 is 1.17 bits per heavy atom. The van der Waals surface area contributed by atoms with E-state index in [4.69, 9.17) is 18.6 Å². The Bertz CT molecular complexity index is 1540. The number of pyridine rings is 1. The molecule has 0 amide bonds. The van der Waals surface area contributed by atoms with Crippen LogP contribution in [0.15, 0.2) is 109 Å². The molecule has 36 heavy (non-hydrogen) atoms. The largest absolute Gasteiger partial charge is 0.222 e. The zero-order chi connectivity index (χ0) is 25.5. The van der Waals surface area contributed by atoms with Gasteiger partial charge < -0.3 is 0 Å². The van der Waals surface area contributed by atoms with Crippen molar-refractivity contribution in [3.8, 4) is 28.1 Å². The molecule has 0 bridgehead atoms. The second-order valence-electron chi connectivity index (χ2n) is 9.27. The van der Waals surface area contributed by atoms with Gasteiger partial charge in [0.15, 0.2) is 5.69 Å². The predicted octanol–water partition coefficient (Wildman–Crippen LogP) is 2.33. The molecule has 0 spiro atoms. The summed E-state index contributed by atoms with van der Waals surface area (Å²) in [6.07, 6.45) is 0. The van der Waals surface area contributed by atoms with E-state index in [0.717, 1.165) is 0 Å². The van der Waals surface area contributed by atoms with Crippen LogP contribution >= 0.6 is 0 Å². The summed E-state index contributed by atoms with van der Waals surface area (Å²) in [6, 6.07) is 39.5. The van der Waals surface area contributed by atoms with Crippen LogP contribution in [0.5, 0.6) is 0 Å². The molecule has 5 nitrogen and oxygen atoms in total. The maximum Gasteiger partial charge on any atom is 0.219 e. The smallest absolute Gasteiger partial charge is 0.219 e. The van der Waals surface area contributed by atoms with Crippen molar-refractivity contribution in [1.29, 1.82) is 0 Å². The third kappa shape index (κ3) is 4.51. The van der Waals surface area contributed by atoms with E-state index in [2.05, 4.69) is 128 Å². The lowest BCUT2D eigenvalue weighted by Crippen LogP contribution is -2.68. The topological polar surface area (TPSA) is 96.1 Å². The molecule has 0 N–H and O–H groups in total. The molecule has 0 fully saturated rings. The third-order valence-electron chi connectivity index (χ3n) is 6.66. The molecule has 1 aliphatic heterocycles. The van der Waals surface area contributed by atoms with Gasteiger partial charge in [0, 0.05) is 29.3 Å². The number of hydrogen-bond acceptors (Lipinski definition) is 4. The normalized spacial score (nSPS) is 13.5. The highest BCUT2D eigenvalue weighted by Gasteiger charge is 2.46. The van der Waals surface area contributed by atoms with Gasteiger partial charge in [0.25, 0.3) is 0 Å². The van der Waals surface area contributed by atoms with Crippen molar-refractivity contribution in [1.82, 2.24) is 0 Å². The zero-order valence-corrected chi connectivity index (χ0v) is 20.6. The highest BCUT2D eigenvalue weighted by atomic mass is 35.7. The summed E-state index contributed by atoms with van der Waals surface area (Å²) in [5.41, 5.74) is 8.90. The van der Waals surface area contributed by atoms with E-state index < -0.39 is 10.2 Å².